The van der Waals surface area contributed by atoms with Crippen LogP contribution in [0.15, 0.2) is 30.6 Å². The van der Waals surface area contributed by atoms with Crippen molar-refractivity contribution < 1.29 is 9.59 Å². The Hall–Kier alpha value is -2.70. The number of aromatic amines is 1. The van der Waals surface area contributed by atoms with Crippen LogP contribution in [0.2, 0.25) is 0 Å². The molecule has 1 heterocycles. The number of benzene rings is 1. The van der Waals surface area contributed by atoms with Gasteiger partial charge in [-0.3, -0.25) is 14.7 Å². The molecule has 134 valence electrons. The topological polar surface area (TPSA) is 99.8 Å². The van der Waals surface area contributed by atoms with Crippen LogP contribution >= 0.6 is 0 Å². The molecule has 2 amide bonds. The van der Waals surface area contributed by atoms with Crippen LogP contribution in [-0.2, 0) is 16.6 Å². The summed E-state index contributed by atoms with van der Waals surface area (Å²) in [6.07, 6.45) is 2.92. The van der Waals surface area contributed by atoms with Gasteiger partial charge in [0, 0.05) is 18.5 Å². The summed E-state index contributed by atoms with van der Waals surface area (Å²) < 4.78 is 0. The Kier molecular flexibility index (Phi) is 6.27. The molecule has 0 spiro atoms. The number of amides is 2. The van der Waals surface area contributed by atoms with Crippen LogP contribution < -0.4 is 10.6 Å². The van der Waals surface area contributed by atoms with Gasteiger partial charge in [0.15, 0.2) is 0 Å². The summed E-state index contributed by atoms with van der Waals surface area (Å²) in [5.74, 6) is 0.329. The molecule has 7 nitrogen and oxygen atoms in total. The van der Waals surface area contributed by atoms with E-state index in [0.29, 0.717) is 18.5 Å². The van der Waals surface area contributed by atoms with Crippen molar-refractivity contribution in [1.82, 2.24) is 25.8 Å². The van der Waals surface area contributed by atoms with E-state index in [1.807, 2.05) is 12.1 Å². The Bertz CT molecular complexity index is 687. The van der Waals surface area contributed by atoms with Crippen LogP contribution in [-0.4, -0.2) is 40.1 Å². The molecule has 0 saturated carbocycles. The highest BCUT2D eigenvalue weighted by Gasteiger charge is 2.14. The van der Waals surface area contributed by atoms with Crippen molar-refractivity contribution in [2.24, 2.45) is 0 Å². The summed E-state index contributed by atoms with van der Waals surface area (Å²) in [4.78, 5) is 27.9. The molecule has 0 bridgehead atoms. The van der Waals surface area contributed by atoms with Crippen molar-refractivity contribution in [3.8, 4) is 0 Å². The van der Waals surface area contributed by atoms with E-state index in [9.17, 15) is 9.59 Å². The van der Waals surface area contributed by atoms with E-state index >= 15 is 0 Å². The second-order valence-corrected chi connectivity index (χ2v) is 6.90. The highest BCUT2D eigenvalue weighted by Crippen LogP contribution is 2.22. The van der Waals surface area contributed by atoms with Gasteiger partial charge in [-0.1, -0.05) is 32.9 Å². The minimum absolute atomic E-state index is 0.0395. The first-order chi connectivity index (χ1) is 11.9. The number of aromatic nitrogens is 3. The van der Waals surface area contributed by atoms with Crippen LogP contribution in [0.5, 0.6) is 0 Å². The van der Waals surface area contributed by atoms with Crippen LogP contribution in [0.3, 0.4) is 0 Å². The van der Waals surface area contributed by atoms with Crippen molar-refractivity contribution in [3.63, 3.8) is 0 Å². The maximum atomic E-state index is 12.1. The Labute approximate surface area is 147 Å². The molecular weight excluding hydrogens is 318 g/mol. The molecule has 25 heavy (non-hydrogen) atoms. The predicted octanol–water partition coefficient (Wildman–Crippen LogP) is 1.58. The molecule has 1 aromatic heterocycles. The van der Waals surface area contributed by atoms with Gasteiger partial charge in [-0.05, 0) is 29.5 Å². The fourth-order valence-electron chi connectivity index (χ4n) is 2.28. The first-order valence-corrected chi connectivity index (χ1v) is 8.36. The summed E-state index contributed by atoms with van der Waals surface area (Å²) in [5.41, 5.74) is 1.75. The van der Waals surface area contributed by atoms with E-state index in [0.717, 1.165) is 17.8 Å². The van der Waals surface area contributed by atoms with Gasteiger partial charge in [-0.15, -0.1) is 0 Å². The van der Waals surface area contributed by atoms with Gasteiger partial charge in [-0.2, -0.15) is 5.10 Å². The monoisotopic (exact) mass is 343 g/mol. The van der Waals surface area contributed by atoms with Crippen LogP contribution in [0.1, 0.15) is 48.9 Å². The zero-order valence-corrected chi connectivity index (χ0v) is 14.9. The van der Waals surface area contributed by atoms with Gasteiger partial charge >= 0.3 is 0 Å². The number of carbonyl (C=O) groups is 2. The number of nitrogens with one attached hydrogen (secondary N) is 3. The van der Waals surface area contributed by atoms with Crippen molar-refractivity contribution in [3.05, 3.63) is 47.5 Å². The lowest BCUT2D eigenvalue weighted by molar-refractivity contribution is -0.120. The molecule has 0 saturated heterocycles. The van der Waals surface area contributed by atoms with Crippen molar-refractivity contribution in [2.45, 2.75) is 39.0 Å². The summed E-state index contributed by atoms with van der Waals surface area (Å²) >= 11 is 0. The summed E-state index contributed by atoms with van der Waals surface area (Å²) in [6, 6.07) is 7.45. The quantitative estimate of drug-likeness (QED) is 0.665. The molecule has 0 unspecified atom stereocenters. The Morgan fingerprint density at radius 1 is 1.12 bits per heavy atom. The molecule has 0 fully saturated rings. The summed E-state index contributed by atoms with van der Waals surface area (Å²) in [6.45, 7) is 6.84. The van der Waals surface area contributed by atoms with E-state index in [1.54, 1.807) is 12.1 Å². The molecule has 0 aliphatic carbocycles. The number of H-pyrrole nitrogens is 1. The molecule has 2 aromatic rings. The van der Waals surface area contributed by atoms with Gasteiger partial charge in [0.1, 0.15) is 12.2 Å². The Morgan fingerprint density at radius 2 is 1.84 bits per heavy atom. The second kappa shape index (κ2) is 8.41. The van der Waals surface area contributed by atoms with E-state index in [-0.39, 0.29) is 23.8 Å². The zero-order valence-electron chi connectivity index (χ0n) is 14.9. The smallest absolute Gasteiger partial charge is 0.251 e. The molecule has 0 aliphatic rings. The van der Waals surface area contributed by atoms with Gasteiger partial charge in [0.2, 0.25) is 5.91 Å². The first kappa shape index (κ1) is 18.6. The normalized spacial score (nSPS) is 11.2. The lowest BCUT2D eigenvalue weighted by Gasteiger charge is -2.19. The summed E-state index contributed by atoms with van der Waals surface area (Å²) in [7, 11) is 0. The van der Waals surface area contributed by atoms with Gasteiger partial charge in [-0.25, -0.2) is 4.98 Å². The van der Waals surface area contributed by atoms with E-state index in [4.69, 9.17) is 0 Å². The highest BCUT2D eigenvalue weighted by molar-refractivity contribution is 5.96. The van der Waals surface area contributed by atoms with Gasteiger partial charge < -0.3 is 10.6 Å². The molecule has 2 rings (SSSR count). The molecular formula is C18H25N5O2. The molecule has 3 N–H and O–H groups in total. The molecule has 7 heteroatoms. The van der Waals surface area contributed by atoms with Crippen molar-refractivity contribution >= 4 is 11.8 Å². The minimum Gasteiger partial charge on any atom is -0.355 e. The molecule has 1 aromatic carbocycles. The Balaban J connectivity index is 1.69. The predicted molar refractivity (Wildman–Crippen MR) is 95.2 cm³/mol. The average molecular weight is 343 g/mol. The highest BCUT2D eigenvalue weighted by atomic mass is 16.2. The van der Waals surface area contributed by atoms with E-state index in [1.165, 1.54) is 6.33 Å². The third kappa shape index (κ3) is 6.02. The van der Waals surface area contributed by atoms with E-state index in [2.05, 4.69) is 46.6 Å². The lowest BCUT2D eigenvalue weighted by atomic mass is 9.87. The minimum atomic E-state index is -0.253. The van der Waals surface area contributed by atoms with Crippen molar-refractivity contribution in [2.75, 3.05) is 13.1 Å². The van der Waals surface area contributed by atoms with E-state index < -0.39 is 0 Å². The molecule has 0 aliphatic heterocycles. The summed E-state index contributed by atoms with van der Waals surface area (Å²) in [5, 5.41) is 11.9. The zero-order chi connectivity index (χ0) is 18.3. The van der Waals surface area contributed by atoms with Gasteiger partial charge in [0.05, 0.1) is 6.54 Å². The number of carbonyl (C=O) groups excluding carboxylic acids is 2. The third-order valence-corrected chi connectivity index (χ3v) is 3.80. The fraction of sp³-hybridized carbons (Fsp3) is 0.444. The van der Waals surface area contributed by atoms with Gasteiger partial charge in [0.25, 0.3) is 5.91 Å². The van der Waals surface area contributed by atoms with Crippen molar-refractivity contribution in [1.29, 1.82) is 0 Å². The number of hydrogen-bond acceptors (Lipinski definition) is 4. The van der Waals surface area contributed by atoms with Crippen LogP contribution in [0.4, 0.5) is 0 Å². The molecule has 0 atom stereocenters. The van der Waals surface area contributed by atoms with Crippen LogP contribution in [0.25, 0.3) is 0 Å². The third-order valence-electron chi connectivity index (χ3n) is 3.80. The average Bonchev–Trinajstić information content (AvgIpc) is 3.09. The lowest BCUT2D eigenvalue weighted by Crippen LogP contribution is -2.37. The SMILES string of the molecule is CC(C)(C)c1ccc(C(=O)NCC(=O)NCCCc2ncn[nH]2)cc1. The number of hydrogen-bond donors (Lipinski definition) is 3. The Morgan fingerprint density at radius 3 is 2.44 bits per heavy atom. The molecule has 0 radical (unpaired) electrons. The maximum Gasteiger partial charge on any atom is 0.251 e. The van der Waals surface area contributed by atoms with Crippen LogP contribution in [0, 0.1) is 0 Å². The fourth-order valence-corrected chi connectivity index (χ4v) is 2.28. The number of nitrogens with zero attached hydrogens (tertiary/aromatic N) is 2. The maximum absolute atomic E-state index is 12.1. The first-order valence-electron chi connectivity index (χ1n) is 8.36. The number of aryl methyl sites for hydroxylation is 1. The second-order valence-electron chi connectivity index (χ2n) is 6.90. The largest absolute Gasteiger partial charge is 0.355 e. The number of rotatable bonds is 7. The standard InChI is InChI=1S/C18H25N5O2/c1-18(2,3)14-8-6-13(7-9-14)17(25)20-11-16(24)19-10-4-5-15-21-12-22-23-15/h6-9,12H,4-5,10-11H2,1-3H3,(H,19,24)(H,20,25)(H,21,22,23).